The fraction of sp³-hybridized carbons (Fsp3) is 0.545. The van der Waals surface area contributed by atoms with Gasteiger partial charge in [0.05, 0.1) is 0 Å². The number of nitrogens with zero attached hydrogens (tertiary/aromatic N) is 1. The van der Waals surface area contributed by atoms with E-state index in [0.29, 0.717) is 19.4 Å². The molecule has 0 aromatic rings. The van der Waals surface area contributed by atoms with E-state index >= 15 is 0 Å². The molecule has 5 heteroatoms. The monoisotopic (exact) mass is 225 g/mol. The van der Waals surface area contributed by atoms with Crippen molar-refractivity contribution >= 4 is 18.2 Å². The van der Waals surface area contributed by atoms with Gasteiger partial charge in [0, 0.05) is 31.0 Å². The number of dihydropyridines is 1. The van der Waals surface area contributed by atoms with Gasteiger partial charge in [0.2, 0.25) is 0 Å². The van der Waals surface area contributed by atoms with E-state index in [4.69, 9.17) is 10.2 Å². The van der Waals surface area contributed by atoms with Crippen LogP contribution in [0.25, 0.3) is 0 Å². The molecule has 0 saturated carbocycles. The second kappa shape index (κ2) is 5.44. The Bertz CT molecular complexity index is 315. The topological polar surface area (TPSA) is 87.0 Å². The fourth-order valence-electron chi connectivity index (χ4n) is 1.76. The van der Waals surface area contributed by atoms with E-state index in [1.165, 1.54) is 0 Å². The van der Waals surface area contributed by atoms with Crippen LogP contribution in [0, 0.1) is 5.41 Å². The summed E-state index contributed by atoms with van der Waals surface area (Å²) < 4.78 is 0. The van der Waals surface area contributed by atoms with Crippen molar-refractivity contribution in [3.63, 3.8) is 0 Å². The normalized spacial score (nSPS) is 17.2. The molecule has 2 N–H and O–H groups in total. The van der Waals surface area contributed by atoms with Gasteiger partial charge in [-0.05, 0) is 18.9 Å². The van der Waals surface area contributed by atoms with E-state index in [1.807, 2.05) is 6.08 Å². The van der Waals surface area contributed by atoms with Gasteiger partial charge < -0.3 is 10.2 Å². The third kappa shape index (κ3) is 3.84. The highest BCUT2D eigenvalue weighted by atomic mass is 16.4. The Hall–Kier alpha value is -1.65. The molecule has 0 aromatic carbocycles. The summed E-state index contributed by atoms with van der Waals surface area (Å²) in [5, 5.41) is 17.3. The highest BCUT2D eigenvalue weighted by Crippen LogP contribution is 2.33. The van der Waals surface area contributed by atoms with Crippen LogP contribution in [-0.2, 0) is 9.59 Å². The Kier molecular flexibility index (Phi) is 4.22. The van der Waals surface area contributed by atoms with Crippen molar-refractivity contribution < 1.29 is 19.8 Å². The van der Waals surface area contributed by atoms with Crippen molar-refractivity contribution in [1.29, 1.82) is 0 Å². The van der Waals surface area contributed by atoms with E-state index in [0.717, 1.165) is 0 Å². The molecule has 16 heavy (non-hydrogen) atoms. The van der Waals surface area contributed by atoms with Crippen LogP contribution >= 0.6 is 0 Å². The Balaban J connectivity index is 2.61. The van der Waals surface area contributed by atoms with Crippen molar-refractivity contribution in [3.05, 3.63) is 12.2 Å². The van der Waals surface area contributed by atoms with E-state index < -0.39 is 17.4 Å². The standard InChI is InChI=1S/C11H15NO4/c13-9(14)2-5-11(6-3-10(15)16)4-1-7-12-8-11/h1,4,7H,2-3,5-6,8H2,(H,13,14)(H,15,16). The zero-order valence-electron chi connectivity index (χ0n) is 8.93. The fourth-order valence-corrected chi connectivity index (χ4v) is 1.76. The molecule has 0 radical (unpaired) electrons. The van der Waals surface area contributed by atoms with Crippen molar-refractivity contribution in [2.45, 2.75) is 25.7 Å². The molecule has 0 saturated heterocycles. The number of rotatable bonds is 6. The molecule has 0 aliphatic carbocycles. The first-order valence-electron chi connectivity index (χ1n) is 5.15. The number of hydrogen-bond acceptors (Lipinski definition) is 3. The number of carboxylic acid groups (broad SMARTS) is 2. The van der Waals surface area contributed by atoms with Crippen molar-refractivity contribution in [2.24, 2.45) is 10.4 Å². The lowest BCUT2D eigenvalue weighted by Crippen LogP contribution is -2.26. The first-order chi connectivity index (χ1) is 7.54. The molecule has 0 aromatic heterocycles. The third-order valence-corrected chi connectivity index (χ3v) is 2.72. The van der Waals surface area contributed by atoms with Crippen LogP contribution in [0.5, 0.6) is 0 Å². The first kappa shape index (κ1) is 12.4. The Morgan fingerprint density at radius 2 is 1.75 bits per heavy atom. The van der Waals surface area contributed by atoms with Crippen LogP contribution in [0.1, 0.15) is 25.7 Å². The zero-order chi connectivity index (χ0) is 12.0. The summed E-state index contributed by atoms with van der Waals surface area (Å²) in [6.45, 7) is 0.476. The lowest BCUT2D eigenvalue weighted by Gasteiger charge is -2.29. The van der Waals surface area contributed by atoms with Gasteiger partial charge in [0.15, 0.2) is 0 Å². The van der Waals surface area contributed by atoms with E-state index in [1.54, 1.807) is 12.3 Å². The molecule has 1 rings (SSSR count). The number of hydrogen-bond donors (Lipinski definition) is 2. The maximum Gasteiger partial charge on any atom is 0.303 e. The highest BCUT2D eigenvalue weighted by Gasteiger charge is 2.29. The number of carbonyl (C=O) groups is 2. The molecule has 0 spiro atoms. The minimum atomic E-state index is -0.863. The second-order valence-corrected chi connectivity index (χ2v) is 4.00. The van der Waals surface area contributed by atoms with Crippen molar-refractivity contribution in [2.75, 3.05) is 6.54 Å². The first-order valence-corrected chi connectivity index (χ1v) is 5.15. The molecule has 0 bridgehead atoms. The van der Waals surface area contributed by atoms with Crippen molar-refractivity contribution in [3.8, 4) is 0 Å². The summed E-state index contributed by atoms with van der Waals surface area (Å²) in [5.74, 6) is -1.73. The smallest absolute Gasteiger partial charge is 0.303 e. The van der Waals surface area contributed by atoms with Crippen LogP contribution in [0.15, 0.2) is 17.1 Å². The van der Waals surface area contributed by atoms with Crippen molar-refractivity contribution in [1.82, 2.24) is 0 Å². The minimum Gasteiger partial charge on any atom is -0.481 e. The summed E-state index contributed by atoms with van der Waals surface area (Å²) in [6.07, 6.45) is 6.24. The molecule has 1 aliphatic rings. The number of carboxylic acids is 2. The quantitative estimate of drug-likeness (QED) is 0.714. The predicted octanol–water partition coefficient (Wildman–Crippen LogP) is 1.34. The lowest BCUT2D eigenvalue weighted by molar-refractivity contribution is -0.137. The summed E-state index contributed by atoms with van der Waals surface area (Å²) in [4.78, 5) is 25.2. The van der Waals surface area contributed by atoms with Gasteiger partial charge in [0.1, 0.15) is 0 Å². The van der Waals surface area contributed by atoms with Crippen LogP contribution in [0.2, 0.25) is 0 Å². The van der Waals surface area contributed by atoms with Crippen LogP contribution in [0.4, 0.5) is 0 Å². The molecule has 1 heterocycles. The molecule has 5 nitrogen and oxygen atoms in total. The number of allylic oxidation sites excluding steroid dienone is 1. The molecule has 1 aliphatic heterocycles. The SMILES string of the molecule is O=C(O)CCC1(CCC(=O)O)C=CC=NC1. The second-order valence-electron chi connectivity index (χ2n) is 4.00. The Labute approximate surface area is 93.5 Å². The highest BCUT2D eigenvalue weighted by molar-refractivity contribution is 5.73. The predicted molar refractivity (Wildman–Crippen MR) is 58.7 cm³/mol. The van der Waals surface area contributed by atoms with Gasteiger partial charge in [-0.15, -0.1) is 0 Å². The summed E-state index contributed by atoms with van der Waals surface area (Å²) in [5.41, 5.74) is -0.397. The van der Waals surface area contributed by atoms with Crippen LogP contribution < -0.4 is 0 Å². The van der Waals surface area contributed by atoms with Gasteiger partial charge in [-0.25, -0.2) is 0 Å². The number of aliphatic carboxylic acids is 2. The van der Waals surface area contributed by atoms with Gasteiger partial charge in [-0.1, -0.05) is 6.08 Å². The van der Waals surface area contributed by atoms with Gasteiger partial charge in [-0.3, -0.25) is 14.6 Å². The van der Waals surface area contributed by atoms with Crippen LogP contribution in [-0.4, -0.2) is 34.9 Å². The lowest BCUT2D eigenvalue weighted by atomic mass is 9.78. The van der Waals surface area contributed by atoms with Gasteiger partial charge in [-0.2, -0.15) is 0 Å². The van der Waals surface area contributed by atoms with E-state index in [-0.39, 0.29) is 12.8 Å². The molecular weight excluding hydrogens is 210 g/mol. The molecule has 0 atom stereocenters. The third-order valence-electron chi connectivity index (χ3n) is 2.72. The summed E-state index contributed by atoms with van der Waals surface area (Å²) >= 11 is 0. The van der Waals surface area contributed by atoms with Crippen LogP contribution in [0.3, 0.4) is 0 Å². The Morgan fingerprint density at radius 1 is 1.19 bits per heavy atom. The number of aliphatic imine (C=N–C) groups is 1. The van der Waals surface area contributed by atoms with Gasteiger partial charge in [0.25, 0.3) is 0 Å². The largest absolute Gasteiger partial charge is 0.481 e. The summed E-state index contributed by atoms with van der Waals surface area (Å²) in [6, 6.07) is 0. The minimum absolute atomic E-state index is 0.0411. The molecule has 0 unspecified atom stereocenters. The Morgan fingerprint density at radius 3 is 2.12 bits per heavy atom. The summed E-state index contributed by atoms with van der Waals surface area (Å²) in [7, 11) is 0. The average Bonchev–Trinajstić information content (AvgIpc) is 2.25. The maximum atomic E-state index is 10.5. The average molecular weight is 225 g/mol. The van der Waals surface area contributed by atoms with E-state index in [9.17, 15) is 9.59 Å². The maximum absolute atomic E-state index is 10.5. The zero-order valence-corrected chi connectivity index (χ0v) is 8.93. The van der Waals surface area contributed by atoms with E-state index in [2.05, 4.69) is 4.99 Å². The van der Waals surface area contributed by atoms with Gasteiger partial charge >= 0.3 is 11.9 Å². The molecule has 0 amide bonds. The molecule has 0 fully saturated rings. The molecule has 88 valence electrons. The molecular formula is C11H15NO4.